The van der Waals surface area contributed by atoms with Gasteiger partial charge in [0.05, 0.1) is 10.6 Å². The summed E-state index contributed by atoms with van der Waals surface area (Å²) in [4.78, 5) is 0.0570. The SMILES string of the molecule is NS(=O)(=O)c1ccc(N=NC(CBr)c2ccccc2)cc1. The number of alkyl halides is 1. The molecule has 0 aromatic heterocycles. The number of sulfonamides is 1. The fourth-order valence-corrected chi connectivity index (χ4v) is 2.72. The normalized spacial score (nSPS) is 13.4. The van der Waals surface area contributed by atoms with Crippen molar-refractivity contribution in [2.45, 2.75) is 10.9 Å². The Bertz CT molecular complexity index is 716. The van der Waals surface area contributed by atoms with Crippen molar-refractivity contribution in [3.8, 4) is 0 Å². The maximum atomic E-state index is 11.2. The first-order valence-electron chi connectivity index (χ1n) is 6.15. The van der Waals surface area contributed by atoms with Crippen LogP contribution in [0.4, 0.5) is 5.69 Å². The Kier molecular flexibility index (Phi) is 5.22. The highest BCUT2D eigenvalue weighted by molar-refractivity contribution is 9.09. The van der Waals surface area contributed by atoms with E-state index in [0.717, 1.165) is 5.56 Å². The van der Waals surface area contributed by atoms with Crippen LogP contribution in [0.25, 0.3) is 0 Å². The van der Waals surface area contributed by atoms with Crippen LogP contribution in [0.2, 0.25) is 0 Å². The lowest BCUT2D eigenvalue weighted by Gasteiger charge is -2.07. The first-order valence-corrected chi connectivity index (χ1v) is 8.82. The molecule has 1 unspecified atom stereocenters. The Morgan fingerprint density at radius 3 is 2.19 bits per heavy atom. The van der Waals surface area contributed by atoms with E-state index in [-0.39, 0.29) is 10.9 Å². The maximum Gasteiger partial charge on any atom is 0.238 e. The fourth-order valence-electron chi connectivity index (χ4n) is 1.70. The number of benzene rings is 2. The predicted molar refractivity (Wildman–Crippen MR) is 85.3 cm³/mol. The van der Waals surface area contributed by atoms with E-state index < -0.39 is 10.0 Å². The number of nitrogens with two attached hydrogens (primary N) is 1. The molecule has 0 bridgehead atoms. The molecule has 1 atom stereocenters. The molecule has 5 nitrogen and oxygen atoms in total. The van der Waals surface area contributed by atoms with Gasteiger partial charge in [-0.25, -0.2) is 13.6 Å². The van der Waals surface area contributed by atoms with E-state index in [1.54, 1.807) is 12.1 Å². The molecule has 0 heterocycles. The van der Waals surface area contributed by atoms with E-state index in [0.29, 0.717) is 11.0 Å². The Labute approximate surface area is 132 Å². The molecular formula is C14H14BrN3O2S. The van der Waals surface area contributed by atoms with E-state index in [1.807, 2.05) is 30.3 Å². The molecule has 0 radical (unpaired) electrons. The summed E-state index contributed by atoms with van der Waals surface area (Å²) < 4.78 is 22.3. The third-order valence-corrected chi connectivity index (χ3v) is 4.35. The van der Waals surface area contributed by atoms with Crippen LogP contribution in [-0.4, -0.2) is 13.7 Å². The topological polar surface area (TPSA) is 84.9 Å². The summed E-state index contributed by atoms with van der Waals surface area (Å²) in [6, 6.07) is 15.7. The monoisotopic (exact) mass is 367 g/mol. The highest BCUT2D eigenvalue weighted by Crippen LogP contribution is 2.23. The number of halogens is 1. The van der Waals surface area contributed by atoms with Crippen molar-refractivity contribution in [2.75, 3.05) is 5.33 Å². The van der Waals surface area contributed by atoms with Crippen LogP contribution in [0, 0.1) is 0 Å². The zero-order valence-corrected chi connectivity index (χ0v) is 13.5. The maximum absolute atomic E-state index is 11.2. The minimum absolute atomic E-state index is 0.0570. The van der Waals surface area contributed by atoms with Gasteiger partial charge in [0.25, 0.3) is 0 Å². The molecule has 0 aliphatic rings. The minimum atomic E-state index is -3.68. The molecule has 2 aromatic rings. The molecule has 0 spiro atoms. The number of hydrogen-bond donors (Lipinski definition) is 1. The van der Waals surface area contributed by atoms with Crippen LogP contribution in [-0.2, 0) is 10.0 Å². The van der Waals surface area contributed by atoms with Crippen molar-refractivity contribution in [3.05, 3.63) is 60.2 Å². The van der Waals surface area contributed by atoms with Crippen LogP contribution >= 0.6 is 15.9 Å². The van der Waals surface area contributed by atoms with E-state index in [4.69, 9.17) is 5.14 Å². The molecule has 0 fully saturated rings. The van der Waals surface area contributed by atoms with Gasteiger partial charge in [-0.2, -0.15) is 10.2 Å². The molecule has 0 saturated heterocycles. The van der Waals surface area contributed by atoms with E-state index in [1.165, 1.54) is 12.1 Å². The molecule has 0 amide bonds. The second-order valence-electron chi connectivity index (χ2n) is 4.34. The summed E-state index contributed by atoms with van der Waals surface area (Å²) in [7, 11) is -3.68. The molecule has 0 saturated carbocycles. The second-order valence-corrected chi connectivity index (χ2v) is 6.54. The predicted octanol–water partition coefficient (Wildman–Crippen LogP) is 3.55. The Balaban J connectivity index is 2.17. The van der Waals surface area contributed by atoms with Crippen molar-refractivity contribution in [1.29, 1.82) is 0 Å². The highest BCUT2D eigenvalue weighted by Gasteiger charge is 2.09. The Morgan fingerprint density at radius 1 is 1.05 bits per heavy atom. The number of azo groups is 1. The molecule has 2 N–H and O–H groups in total. The summed E-state index contributed by atoms with van der Waals surface area (Å²) in [5.74, 6) is 0. The molecule has 2 aromatic carbocycles. The van der Waals surface area contributed by atoms with Crippen molar-refractivity contribution >= 4 is 31.6 Å². The Hall–Kier alpha value is -1.57. The van der Waals surface area contributed by atoms with Gasteiger partial charge in [-0.15, -0.1) is 0 Å². The summed E-state index contributed by atoms with van der Waals surface area (Å²) in [5.41, 5.74) is 1.63. The van der Waals surface area contributed by atoms with Gasteiger partial charge in [-0.1, -0.05) is 46.3 Å². The number of nitrogens with zero attached hydrogens (tertiary/aromatic N) is 2. The molecule has 21 heavy (non-hydrogen) atoms. The molecule has 0 aliphatic heterocycles. The lowest BCUT2D eigenvalue weighted by atomic mass is 10.1. The van der Waals surface area contributed by atoms with Crippen molar-refractivity contribution in [2.24, 2.45) is 15.4 Å². The molecule has 2 rings (SSSR count). The number of rotatable bonds is 5. The quantitative estimate of drug-likeness (QED) is 0.646. The lowest BCUT2D eigenvalue weighted by molar-refractivity contribution is 0.598. The largest absolute Gasteiger partial charge is 0.238 e. The molecule has 110 valence electrons. The van der Waals surface area contributed by atoms with Crippen molar-refractivity contribution in [3.63, 3.8) is 0 Å². The van der Waals surface area contributed by atoms with Gasteiger partial charge in [-0.05, 0) is 29.8 Å². The van der Waals surface area contributed by atoms with E-state index in [9.17, 15) is 8.42 Å². The van der Waals surface area contributed by atoms with Gasteiger partial charge in [-0.3, -0.25) is 0 Å². The van der Waals surface area contributed by atoms with Gasteiger partial charge in [0.2, 0.25) is 10.0 Å². The molecular weight excluding hydrogens is 354 g/mol. The van der Waals surface area contributed by atoms with E-state index >= 15 is 0 Å². The van der Waals surface area contributed by atoms with Gasteiger partial charge in [0.1, 0.15) is 6.04 Å². The van der Waals surface area contributed by atoms with Crippen LogP contribution in [0.5, 0.6) is 0 Å². The van der Waals surface area contributed by atoms with Gasteiger partial charge in [0, 0.05) is 5.33 Å². The summed E-state index contributed by atoms with van der Waals surface area (Å²) in [6.07, 6.45) is 0. The lowest BCUT2D eigenvalue weighted by Crippen LogP contribution is -2.11. The summed E-state index contributed by atoms with van der Waals surface area (Å²) in [6.45, 7) is 0. The van der Waals surface area contributed by atoms with Crippen molar-refractivity contribution < 1.29 is 8.42 Å². The summed E-state index contributed by atoms with van der Waals surface area (Å²) >= 11 is 3.41. The average molecular weight is 368 g/mol. The number of hydrogen-bond acceptors (Lipinski definition) is 4. The van der Waals surface area contributed by atoms with Crippen LogP contribution < -0.4 is 5.14 Å². The van der Waals surface area contributed by atoms with Crippen LogP contribution in [0.3, 0.4) is 0 Å². The number of primary sulfonamides is 1. The summed E-state index contributed by atoms with van der Waals surface area (Å²) in [5, 5.41) is 14.1. The first-order chi connectivity index (χ1) is 10.0. The minimum Gasteiger partial charge on any atom is -0.225 e. The van der Waals surface area contributed by atoms with Gasteiger partial charge in [0.15, 0.2) is 0 Å². The van der Waals surface area contributed by atoms with E-state index in [2.05, 4.69) is 26.2 Å². The zero-order valence-electron chi connectivity index (χ0n) is 11.1. The Morgan fingerprint density at radius 2 is 1.67 bits per heavy atom. The fraction of sp³-hybridized carbons (Fsp3) is 0.143. The van der Waals surface area contributed by atoms with Gasteiger partial charge < -0.3 is 0 Å². The van der Waals surface area contributed by atoms with Gasteiger partial charge >= 0.3 is 0 Å². The first kappa shape index (κ1) is 15.8. The third kappa shape index (κ3) is 4.45. The van der Waals surface area contributed by atoms with Crippen molar-refractivity contribution in [1.82, 2.24) is 0 Å². The standard InChI is InChI=1S/C14H14BrN3O2S/c15-10-14(11-4-2-1-3-5-11)18-17-12-6-8-13(9-7-12)21(16,19)20/h1-9,14H,10H2,(H2,16,19,20). The average Bonchev–Trinajstić information content (AvgIpc) is 2.48. The van der Waals surface area contributed by atoms with Crippen LogP contribution in [0.15, 0.2) is 69.7 Å². The molecule has 7 heteroatoms. The van der Waals surface area contributed by atoms with Crippen LogP contribution in [0.1, 0.15) is 11.6 Å². The smallest absolute Gasteiger partial charge is 0.225 e. The second kappa shape index (κ2) is 6.93. The third-order valence-electron chi connectivity index (χ3n) is 2.81. The zero-order chi connectivity index (χ0) is 15.3. The molecule has 0 aliphatic carbocycles. The highest BCUT2D eigenvalue weighted by atomic mass is 79.9.